The van der Waals surface area contributed by atoms with Crippen molar-refractivity contribution in [1.82, 2.24) is 9.97 Å². The van der Waals surface area contributed by atoms with E-state index < -0.39 is 22.5 Å². The summed E-state index contributed by atoms with van der Waals surface area (Å²) < 4.78 is 40.7. The van der Waals surface area contributed by atoms with Crippen molar-refractivity contribution >= 4 is 51.4 Å². The van der Waals surface area contributed by atoms with Gasteiger partial charge in [-0.25, -0.2) is 4.98 Å². The number of nitro groups is 1. The third-order valence-corrected chi connectivity index (χ3v) is 4.50. The van der Waals surface area contributed by atoms with E-state index in [0.717, 1.165) is 3.57 Å². The maximum atomic E-state index is 13.3. The molecular formula is C17H11F3IN5O2. The number of nitro benzene ring substituents is 1. The molecule has 0 amide bonds. The second-order valence-corrected chi connectivity index (χ2v) is 6.65. The number of benzene rings is 2. The SMILES string of the molecule is O=[N+]([O-])c1ccc(Nc2ncc(C(F)(F)F)c(Nc3ccccc3I)n2)cc1. The van der Waals surface area contributed by atoms with Crippen molar-refractivity contribution in [3.8, 4) is 0 Å². The fraction of sp³-hybridized carbons (Fsp3) is 0.0588. The first kappa shape index (κ1) is 19.8. The van der Waals surface area contributed by atoms with Crippen molar-refractivity contribution in [2.24, 2.45) is 0 Å². The van der Waals surface area contributed by atoms with Crippen molar-refractivity contribution in [1.29, 1.82) is 0 Å². The zero-order valence-electron chi connectivity index (χ0n) is 13.9. The maximum Gasteiger partial charge on any atom is 0.421 e. The number of halogens is 4. The first-order valence-corrected chi connectivity index (χ1v) is 8.79. The normalized spacial score (nSPS) is 11.1. The van der Waals surface area contributed by atoms with Gasteiger partial charge in [-0.1, -0.05) is 12.1 Å². The van der Waals surface area contributed by atoms with Crippen LogP contribution in [0.25, 0.3) is 0 Å². The summed E-state index contributed by atoms with van der Waals surface area (Å²) in [6.07, 6.45) is -3.96. The molecule has 0 atom stereocenters. The predicted molar refractivity (Wildman–Crippen MR) is 106 cm³/mol. The zero-order valence-corrected chi connectivity index (χ0v) is 16.0. The number of aromatic nitrogens is 2. The van der Waals surface area contributed by atoms with E-state index in [1.54, 1.807) is 24.3 Å². The summed E-state index contributed by atoms with van der Waals surface area (Å²) in [7, 11) is 0. The van der Waals surface area contributed by atoms with Crippen LogP contribution in [0.4, 0.5) is 42.0 Å². The minimum absolute atomic E-state index is 0.0877. The first-order valence-electron chi connectivity index (χ1n) is 7.71. The number of alkyl halides is 3. The summed E-state index contributed by atoms with van der Waals surface area (Å²) in [6.45, 7) is 0. The Kier molecular flexibility index (Phi) is 5.63. The van der Waals surface area contributed by atoms with Gasteiger partial charge in [0, 0.05) is 27.6 Å². The van der Waals surface area contributed by atoms with Crippen LogP contribution in [-0.2, 0) is 6.18 Å². The van der Waals surface area contributed by atoms with Gasteiger partial charge in [-0.05, 0) is 46.9 Å². The number of nitrogens with one attached hydrogen (secondary N) is 2. The van der Waals surface area contributed by atoms with E-state index in [2.05, 4.69) is 20.6 Å². The van der Waals surface area contributed by atoms with E-state index in [0.29, 0.717) is 17.6 Å². The summed E-state index contributed by atoms with van der Waals surface area (Å²) in [5.74, 6) is -0.494. The molecule has 0 saturated heterocycles. The van der Waals surface area contributed by atoms with Gasteiger partial charge in [0.15, 0.2) is 0 Å². The number of non-ortho nitro benzene ring substituents is 1. The topological polar surface area (TPSA) is 93.0 Å². The van der Waals surface area contributed by atoms with E-state index in [9.17, 15) is 23.3 Å². The molecule has 28 heavy (non-hydrogen) atoms. The number of para-hydroxylation sites is 1. The van der Waals surface area contributed by atoms with Gasteiger partial charge in [0.2, 0.25) is 5.95 Å². The van der Waals surface area contributed by atoms with Crippen molar-refractivity contribution in [3.05, 3.63) is 74.0 Å². The molecule has 0 unspecified atom stereocenters. The van der Waals surface area contributed by atoms with Crippen molar-refractivity contribution < 1.29 is 18.1 Å². The molecule has 0 aliphatic carbocycles. The Morgan fingerprint density at radius 3 is 2.32 bits per heavy atom. The first-order chi connectivity index (χ1) is 13.2. The van der Waals surface area contributed by atoms with E-state index >= 15 is 0 Å². The molecule has 3 aromatic rings. The largest absolute Gasteiger partial charge is 0.421 e. The van der Waals surface area contributed by atoms with Crippen LogP contribution < -0.4 is 10.6 Å². The molecule has 1 aromatic heterocycles. The van der Waals surface area contributed by atoms with E-state index in [1.807, 2.05) is 22.6 Å². The minimum atomic E-state index is -4.64. The average Bonchev–Trinajstić information content (AvgIpc) is 2.63. The van der Waals surface area contributed by atoms with Gasteiger partial charge < -0.3 is 10.6 Å². The maximum absolute atomic E-state index is 13.3. The van der Waals surface area contributed by atoms with Gasteiger partial charge >= 0.3 is 6.18 Å². The van der Waals surface area contributed by atoms with Crippen LogP contribution >= 0.6 is 22.6 Å². The van der Waals surface area contributed by atoms with Gasteiger partial charge in [-0.15, -0.1) is 0 Å². The standard InChI is InChI=1S/C17H11F3IN5O2/c18-17(19,20)12-9-22-16(23-10-5-7-11(8-6-10)26(27)28)25-15(12)24-14-4-2-1-3-13(14)21/h1-9H,(H2,22,23,24,25). The lowest BCUT2D eigenvalue weighted by atomic mass is 10.2. The Morgan fingerprint density at radius 2 is 1.71 bits per heavy atom. The summed E-state index contributed by atoms with van der Waals surface area (Å²) in [5.41, 5.74) is -0.263. The molecule has 0 aliphatic rings. The third-order valence-electron chi connectivity index (χ3n) is 3.56. The van der Waals surface area contributed by atoms with Crippen LogP contribution in [0, 0.1) is 13.7 Å². The Hall–Kier alpha value is -2.96. The molecule has 0 radical (unpaired) electrons. The highest BCUT2D eigenvalue weighted by atomic mass is 127. The summed E-state index contributed by atoms with van der Waals surface area (Å²) >= 11 is 2.00. The van der Waals surface area contributed by atoms with Crippen LogP contribution in [0.1, 0.15) is 5.56 Å². The van der Waals surface area contributed by atoms with Gasteiger partial charge in [-0.3, -0.25) is 10.1 Å². The van der Waals surface area contributed by atoms with Crippen LogP contribution in [-0.4, -0.2) is 14.9 Å². The highest BCUT2D eigenvalue weighted by Gasteiger charge is 2.35. The lowest BCUT2D eigenvalue weighted by Gasteiger charge is -2.15. The molecule has 0 aliphatic heterocycles. The van der Waals surface area contributed by atoms with Gasteiger partial charge in [0.1, 0.15) is 11.4 Å². The van der Waals surface area contributed by atoms with Gasteiger partial charge in [0.25, 0.3) is 5.69 Å². The molecule has 11 heteroatoms. The molecule has 2 aromatic carbocycles. The Labute approximate surface area is 170 Å². The number of anilines is 4. The molecule has 2 N–H and O–H groups in total. The average molecular weight is 501 g/mol. The fourth-order valence-electron chi connectivity index (χ4n) is 2.23. The Balaban J connectivity index is 1.93. The van der Waals surface area contributed by atoms with Crippen LogP contribution in [0.3, 0.4) is 0 Å². The van der Waals surface area contributed by atoms with Crippen molar-refractivity contribution in [2.45, 2.75) is 6.18 Å². The van der Waals surface area contributed by atoms with Crippen molar-refractivity contribution in [3.63, 3.8) is 0 Å². The lowest BCUT2D eigenvalue weighted by molar-refractivity contribution is -0.384. The Morgan fingerprint density at radius 1 is 1.04 bits per heavy atom. The number of hydrogen-bond donors (Lipinski definition) is 2. The lowest BCUT2D eigenvalue weighted by Crippen LogP contribution is -2.13. The monoisotopic (exact) mass is 501 g/mol. The molecule has 144 valence electrons. The molecule has 0 fully saturated rings. The smallest absolute Gasteiger partial charge is 0.339 e. The van der Waals surface area contributed by atoms with Gasteiger partial charge in [0.05, 0.1) is 10.6 Å². The Bertz CT molecular complexity index is 1010. The summed E-state index contributed by atoms with van der Waals surface area (Å²) in [4.78, 5) is 17.8. The summed E-state index contributed by atoms with van der Waals surface area (Å²) in [5, 5.41) is 16.1. The highest BCUT2D eigenvalue weighted by molar-refractivity contribution is 14.1. The zero-order chi connectivity index (χ0) is 20.3. The third kappa shape index (κ3) is 4.65. The number of hydrogen-bond acceptors (Lipinski definition) is 6. The predicted octanol–water partition coefficient (Wildman–Crippen LogP) is 5.50. The molecule has 1 heterocycles. The molecular weight excluding hydrogens is 490 g/mol. The molecule has 0 saturated carbocycles. The molecule has 3 rings (SSSR count). The quantitative estimate of drug-likeness (QED) is 0.273. The van der Waals surface area contributed by atoms with Crippen molar-refractivity contribution in [2.75, 3.05) is 10.6 Å². The number of rotatable bonds is 5. The van der Waals surface area contributed by atoms with Crippen LogP contribution in [0.15, 0.2) is 54.7 Å². The molecule has 0 bridgehead atoms. The summed E-state index contributed by atoms with van der Waals surface area (Å²) in [6, 6.07) is 12.2. The minimum Gasteiger partial charge on any atom is -0.339 e. The second-order valence-electron chi connectivity index (χ2n) is 5.49. The number of nitrogens with zero attached hydrogens (tertiary/aromatic N) is 3. The van der Waals surface area contributed by atoms with E-state index in [4.69, 9.17) is 0 Å². The van der Waals surface area contributed by atoms with Crippen LogP contribution in [0.5, 0.6) is 0 Å². The second kappa shape index (κ2) is 7.96. The van der Waals surface area contributed by atoms with E-state index in [1.165, 1.54) is 24.3 Å². The highest BCUT2D eigenvalue weighted by Crippen LogP contribution is 2.36. The fourth-order valence-corrected chi connectivity index (χ4v) is 2.75. The molecule has 7 nitrogen and oxygen atoms in total. The van der Waals surface area contributed by atoms with E-state index in [-0.39, 0.29) is 11.6 Å². The molecule has 0 spiro atoms. The van der Waals surface area contributed by atoms with Crippen LogP contribution in [0.2, 0.25) is 0 Å². The van der Waals surface area contributed by atoms with Gasteiger partial charge in [-0.2, -0.15) is 18.2 Å².